The third kappa shape index (κ3) is 4.97. The van der Waals surface area contributed by atoms with E-state index in [9.17, 15) is 5.11 Å². The first-order valence-corrected chi connectivity index (χ1v) is 5.92. The third-order valence-corrected chi connectivity index (χ3v) is 3.15. The summed E-state index contributed by atoms with van der Waals surface area (Å²) in [4.78, 5) is 2.50. The summed E-state index contributed by atoms with van der Waals surface area (Å²) in [5, 5.41) is 9.64. The molecule has 1 fully saturated rings. The Morgan fingerprint density at radius 2 is 2.00 bits per heavy atom. The Labute approximate surface area is 88.3 Å². The van der Waals surface area contributed by atoms with Gasteiger partial charge in [-0.05, 0) is 58.5 Å². The van der Waals surface area contributed by atoms with Gasteiger partial charge in [-0.15, -0.1) is 0 Å². The van der Waals surface area contributed by atoms with Gasteiger partial charge >= 0.3 is 0 Å². The SMILES string of the molecule is CC1CCCN(CCC(C)(C)O)CC1. The van der Waals surface area contributed by atoms with Crippen molar-refractivity contribution in [3.63, 3.8) is 0 Å². The Hall–Kier alpha value is -0.0800. The standard InChI is InChI=1S/C12H25NO/c1-11-5-4-8-13(9-6-11)10-7-12(2,3)14/h11,14H,4-10H2,1-3H3. The van der Waals surface area contributed by atoms with Gasteiger partial charge in [-0.2, -0.15) is 0 Å². The molecular weight excluding hydrogens is 174 g/mol. The monoisotopic (exact) mass is 199 g/mol. The fourth-order valence-electron chi connectivity index (χ4n) is 1.98. The van der Waals surface area contributed by atoms with Gasteiger partial charge in [-0.3, -0.25) is 0 Å². The van der Waals surface area contributed by atoms with Gasteiger partial charge in [0.2, 0.25) is 0 Å². The summed E-state index contributed by atoms with van der Waals surface area (Å²) in [5.74, 6) is 0.891. The molecule has 1 aliphatic rings. The molecule has 1 heterocycles. The van der Waals surface area contributed by atoms with Gasteiger partial charge in [0, 0.05) is 6.54 Å². The van der Waals surface area contributed by atoms with Crippen molar-refractivity contribution < 1.29 is 5.11 Å². The lowest BCUT2D eigenvalue weighted by atomic mass is 10.0. The highest BCUT2D eigenvalue weighted by molar-refractivity contribution is 4.72. The molecule has 0 saturated carbocycles. The van der Waals surface area contributed by atoms with E-state index in [4.69, 9.17) is 0 Å². The molecule has 1 rings (SSSR count). The summed E-state index contributed by atoms with van der Waals surface area (Å²) in [6.07, 6.45) is 4.92. The number of hydrogen-bond acceptors (Lipinski definition) is 2. The highest BCUT2D eigenvalue weighted by Gasteiger charge is 2.17. The summed E-state index contributed by atoms with van der Waals surface area (Å²) >= 11 is 0. The van der Waals surface area contributed by atoms with Crippen LogP contribution in [0.3, 0.4) is 0 Å². The van der Waals surface area contributed by atoms with E-state index in [1.54, 1.807) is 0 Å². The zero-order valence-electron chi connectivity index (χ0n) is 9.92. The molecule has 0 spiro atoms. The predicted molar refractivity (Wildman–Crippen MR) is 60.4 cm³/mol. The van der Waals surface area contributed by atoms with E-state index in [0.717, 1.165) is 18.9 Å². The number of likely N-dealkylation sites (tertiary alicyclic amines) is 1. The molecule has 0 radical (unpaired) electrons. The quantitative estimate of drug-likeness (QED) is 0.753. The van der Waals surface area contributed by atoms with E-state index in [-0.39, 0.29) is 0 Å². The van der Waals surface area contributed by atoms with E-state index in [1.165, 1.54) is 32.4 Å². The largest absolute Gasteiger partial charge is 0.390 e. The molecule has 1 atom stereocenters. The molecule has 1 N–H and O–H groups in total. The fraction of sp³-hybridized carbons (Fsp3) is 1.00. The summed E-state index contributed by atoms with van der Waals surface area (Å²) in [6.45, 7) is 9.63. The first-order chi connectivity index (χ1) is 6.47. The van der Waals surface area contributed by atoms with Crippen molar-refractivity contribution in [2.75, 3.05) is 19.6 Å². The van der Waals surface area contributed by atoms with Crippen LogP contribution in [-0.4, -0.2) is 35.2 Å². The molecule has 84 valence electrons. The maximum atomic E-state index is 9.64. The third-order valence-electron chi connectivity index (χ3n) is 3.15. The van der Waals surface area contributed by atoms with Crippen LogP contribution in [0, 0.1) is 5.92 Å². The normalized spacial score (nSPS) is 26.1. The molecule has 2 nitrogen and oxygen atoms in total. The molecule has 2 heteroatoms. The topological polar surface area (TPSA) is 23.5 Å². The van der Waals surface area contributed by atoms with Crippen molar-refractivity contribution in [3.8, 4) is 0 Å². The van der Waals surface area contributed by atoms with Crippen LogP contribution in [0.25, 0.3) is 0 Å². The van der Waals surface area contributed by atoms with Gasteiger partial charge < -0.3 is 10.0 Å². The molecule has 14 heavy (non-hydrogen) atoms. The van der Waals surface area contributed by atoms with Crippen molar-refractivity contribution in [1.82, 2.24) is 4.90 Å². The van der Waals surface area contributed by atoms with Crippen LogP contribution in [0.2, 0.25) is 0 Å². The number of hydrogen-bond donors (Lipinski definition) is 1. The van der Waals surface area contributed by atoms with Crippen molar-refractivity contribution in [2.45, 2.75) is 52.1 Å². The van der Waals surface area contributed by atoms with Crippen LogP contribution in [-0.2, 0) is 0 Å². The van der Waals surface area contributed by atoms with E-state index in [1.807, 2.05) is 13.8 Å². The highest BCUT2D eigenvalue weighted by atomic mass is 16.3. The van der Waals surface area contributed by atoms with Gasteiger partial charge in [0.1, 0.15) is 0 Å². The molecule has 0 amide bonds. The second kappa shape index (κ2) is 5.13. The maximum absolute atomic E-state index is 9.64. The van der Waals surface area contributed by atoms with Gasteiger partial charge in [0.05, 0.1) is 5.60 Å². The van der Waals surface area contributed by atoms with Crippen LogP contribution in [0.15, 0.2) is 0 Å². The lowest BCUT2D eigenvalue weighted by molar-refractivity contribution is 0.0580. The molecule has 0 aromatic heterocycles. The lowest BCUT2D eigenvalue weighted by Crippen LogP contribution is -2.31. The Morgan fingerprint density at radius 1 is 1.29 bits per heavy atom. The average Bonchev–Trinajstić information content (AvgIpc) is 2.25. The molecule has 0 bridgehead atoms. The number of nitrogens with zero attached hydrogens (tertiary/aromatic N) is 1. The van der Waals surface area contributed by atoms with Crippen LogP contribution >= 0.6 is 0 Å². The minimum Gasteiger partial charge on any atom is -0.390 e. The average molecular weight is 199 g/mol. The molecular formula is C12H25NO. The number of aliphatic hydroxyl groups is 1. The van der Waals surface area contributed by atoms with E-state index in [0.29, 0.717) is 0 Å². The first-order valence-electron chi connectivity index (χ1n) is 5.92. The minimum absolute atomic E-state index is 0.502. The van der Waals surface area contributed by atoms with E-state index in [2.05, 4.69) is 11.8 Å². The fourth-order valence-corrected chi connectivity index (χ4v) is 1.98. The van der Waals surface area contributed by atoms with E-state index >= 15 is 0 Å². The minimum atomic E-state index is -0.502. The van der Waals surface area contributed by atoms with Crippen LogP contribution in [0.1, 0.15) is 46.5 Å². The van der Waals surface area contributed by atoms with Gasteiger partial charge in [-0.1, -0.05) is 6.92 Å². The van der Waals surface area contributed by atoms with Crippen LogP contribution in [0.5, 0.6) is 0 Å². The molecule has 0 aromatic carbocycles. The van der Waals surface area contributed by atoms with Gasteiger partial charge in [-0.25, -0.2) is 0 Å². The molecule has 0 aromatic rings. The summed E-state index contributed by atoms with van der Waals surface area (Å²) in [5.41, 5.74) is -0.502. The van der Waals surface area contributed by atoms with Crippen LogP contribution < -0.4 is 0 Å². The van der Waals surface area contributed by atoms with Crippen molar-refractivity contribution in [1.29, 1.82) is 0 Å². The Morgan fingerprint density at radius 3 is 2.64 bits per heavy atom. The van der Waals surface area contributed by atoms with Gasteiger partial charge in [0.25, 0.3) is 0 Å². The molecule has 1 unspecified atom stereocenters. The van der Waals surface area contributed by atoms with Crippen LogP contribution in [0.4, 0.5) is 0 Å². The first kappa shape index (κ1) is 12.0. The van der Waals surface area contributed by atoms with Crippen molar-refractivity contribution in [3.05, 3.63) is 0 Å². The second-order valence-corrected chi connectivity index (χ2v) is 5.44. The molecule has 0 aliphatic carbocycles. The lowest BCUT2D eigenvalue weighted by Gasteiger charge is -2.24. The summed E-state index contributed by atoms with van der Waals surface area (Å²) in [6, 6.07) is 0. The molecule has 1 aliphatic heterocycles. The molecule has 1 saturated heterocycles. The number of rotatable bonds is 3. The maximum Gasteiger partial charge on any atom is 0.0603 e. The Balaban J connectivity index is 2.24. The predicted octanol–water partition coefficient (Wildman–Crippen LogP) is 2.27. The van der Waals surface area contributed by atoms with Gasteiger partial charge in [0.15, 0.2) is 0 Å². The smallest absolute Gasteiger partial charge is 0.0603 e. The van der Waals surface area contributed by atoms with E-state index < -0.39 is 5.60 Å². The Kier molecular flexibility index (Phi) is 4.39. The van der Waals surface area contributed by atoms with Crippen molar-refractivity contribution >= 4 is 0 Å². The summed E-state index contributed by atoms with van der Waals surface area (Å²) in [7, 11) is 0. The Bertz CT molecular complexity index is 162. The zero-order valence-corrected chi connectivity index (χ0v) is 9.92. The second-order valence-electron chi connectivity index (χ2n) is 5.44. The van der Waals surface area contributed by atoms with Crippen molar-refractivity contribution in [2.24, 2.45) is 5.92 Å². The zero-order chi connectivity index (χ0) is 10.6. The summed E-state index contributed by atoms with van der Waals surface area (Å²) < 4.78 is 0. The highest BCUT2D eigenvalue weighted by Crippen LogP contribution is 2.17.